The van der Waals surface area contributed by atoms with E-state index in [1.54, 1.807) is 0 Å². The van der Waals surface area contributed by atoms with Gasteiger partial charge in [0.25, 0.3) is 0 Å². The van der Waals surface area contributed by atoms with Crippen molar-refractivity contribution in [1.82, 2.24) is 4.90 Å². The van der Waals surface area contributed by atoms with Crippen LogP contribution in [0.1, 0.15) is 39.0 Å². The third-order valence-corrected chi connectivity index (χ3v) is 4.00. The quantitative estimate of drug-likeness (QED) is 0.795. The normalized spacial score (nSPS) is 28.1. The molecule has 0 aromatic carbocycles. The van der Waals surface area contributed by atoms with Crippen molar-refractivity contribution in [3.05, 3.63) is 0 Å². The van der Waals surface area contributed by atoms with Crippen LogP contribution in [0.4, 0.5) is 0 Å². The van der Waals surface area contributed by atoms with E-state index in [1.165, 1.54) is 12.8 Å². The highest BCUT2D eigenvalue weighted by atomic mass is 16.4. The van der Waals surface area contributed by atoms with Crippen LogP contribution < -0.4 is 0 Å². The Morgan fingerprint density at radius 2 is 1.82 bits per heavy atom. The van der Waals surface area contributed by atoms with Gasteiger partial charge in [-0.15, -0.1) is 0 Å². The van der Waals surface area contributed by atoms with Gasteiger partial charge in [-0.2, -0.15) is 0 Å². The summed E-state index contributed by atoms with van der Waals surface area (Å²) >= 11 is 0. The van der Waals surface area contributed by atoms with Gasteiger partial charge < -0.3 is 10.0 Å². The first-order valence-corrected chi connectivity index (χ1v) is 6.63. The van der Waals surface area contributed by atoms with E-state index in [-0.39, 0.29) is 17.7 Å². The fourth-order valence-electron chi connectivity index (χ4n) is 2.68. The molecule has 96 valence electrons. The average Bonchev–Trinajstić information content (AvgIpc) is 2.97. The van der Waals surface area contributed by atoms with E-state index in [2.05, 4.69) is 0 Å². The standard InChI is InChI=1S/C13H21NO3/c1-2-14(8-9-3-4-9)12(15)10-5-6-11(7-10)13(16)17/h9-11H,2-8H2,1H3,(H,16,17)/t10-,11+/m1/s1. The summed E-state index contributed by atoms with van der Waals surface area (Å²) in [6.45, 7) is 3.64. The summed E-state index contributed by atoms with van der Waals surface area (Å²) in [5.41, 5.74) is 0. The number of rotatable bonds is 5. The molecule has 0 aromatic rings. The third-order valence-electron chi connectivity index (χ3n) is 4.00. The molecular formula is C13H21NO3. The predicted octanol–water partition coefficient (Wildman–Crippen LogP) is 1.75. The zero-order valence-electron chi connectivity index (χ0n) is 10.4. The first-order valence-electron chi connectivity index (χ1n) is 6.63. The number of carboxylic acid groups (broad SMARTS) is 1. The van der Waals surface area contributed by atoms with E-state index in [4.69, 9.17) is 5.11 Å². The zero-order valence-corrected chi connectivity index (χ0v) is 10.4. The number of nitrogens with zero attached hydrogens (tertiary/aromatic N) is 1. The zero-order chi connectivity index (χ0) is 12.4. The predicted molar refractivity (Wildman–Crippen MR) is 63.4 cm³/mol. The minimum Gasteiger partial charge on any atom is -0.481 e. The summed E-state index contributed by atoms with van der Waals surface area (Å²) < 4.78 is 0. The molecule has 0 saturated heterocycles. The minimum atomic E-state index is -0.745. The van der Waals surface area contributed by atoms with Crippen LogP contribution in [0.15, 0.2) is 0 Å². The lowest BCUT2D eigenvalue weighted by atomic mass is 10.0. The van der Waals surface area contributed by atoms with Gasteiger partial charge in [0.15, 0.2) is 0 Å². The van der Waals surface area contributed by atoms with Gasteiger partial charge in [0.2, 0.25) is 5.91 Å². The second-order valence-corrected chi connectivity index (χ2v) is 5.37. The molecular weight excluding hydrogens is 218 g/mol. The summed E-state index contributed by atoms with van der Waals surface area (Å²) in [4.78, 5) is 25.0. The molecule has 1 N–H and O–H groups in total. The average molecular weight is 239 g/mol. The van der Waals surface area contributed by atoms with Gasteiger partial charge >= 0.3 is 5.97 Å². The lowest BCUT2D eigenvalue weighted by Crippen LogP contribution is -2.36. The van der Waals surface area contributed by atoms with Crippen molar-refractivity contribution in [2.75, 3.05) is 13.1 Å². The highest BCUT2D eigenvalue weighted by Crippen LogP contribution is 2.34. The molecule has 0 bridgehead atoms. The maximum atomic E-state index is 12.2. The molecule has 2 rings (SSSR count). The van der Waals surface area contributed by atoms with Crippen molar-refractivity contribution in [3.63, 3.8) is 0 Å². The number of amides is 1. The van der Waals surface area contributed by atoms with E-state index in [0.29, 0.717) is 18.8 Å². The van der Waals surface area contributed by atoms with Gasteiger partial charge in [-0.3, -0.25) is 9.59 Å². The van der Waals surface area contributed by atoms with Crippen LogP contribution in [0, 0.1) is 17.8 Å². The summed E-state index contributed by atoms with van der Waals surface area (Å²) in [5.74, 6) is -0.206. The Morgan fingerprint density at radius 1 is 1.18 bits per heavy atom. The number of aliphatic carboxylic acids is 1. The minimum absolute atomic E-state index is 0.0465. The molecule has 2 saturated carbocycles. The lowest BCUT2D eigenvalue weighted by molar-refractivity contribution is -0.141. The van der Waals surface area contributed by atoms with Gasteiger partial charge in [-0.1, -0.05) is 0 Å². The van der Waals surface area contributed by atoms with Gasteiger partial charge in [-0.25, -0.2) is 0 Å². The molecule has 2 aliphatic carbocycles. The summed E-state index contributed by atoms with van der Waals surface area (Å²) in [5, 5.41) is 8.94. The fourth-order valence-corrected chi connectivity index (χ4v) is 2.68. The molecule has 2 atom stereocenters. The second kappa shape index (κ2) is 5.07. The molecule has 0 aliphatic heterocycles. The Labute approximate surface area is 102 Å². The van der Waals surface area contributed by atoms with E-state index >= 15 is 0 Å². The molecule has 4 nitrogen and oxygen atoms in total. The van der Waals surface area contributed by atoms with Crippen LogP contribution in [-0.2, 0) is 9.59 Å². The first kappa shape index (κ1) is 12.4. The SMILES string of the molecule is CCN(CC1CC1)C(=O)[C@@H]1CC[C@H](C(=O)O)C1. The van der Waals surface area contributed by atoms with E-state index in [9.17, 15) is 9.59 Å². The van der Waals surface area contributed by atoms with E-state index in [1.807, 2.05) is 11.8 Å². The van der Waals surface area contributed by atoms with Crippen LogP contribution in [0.2, 0.25) is 0 Å². The largest absolute Gasteiger partial charge is 0.481 e. The van der Waals surface area contributed by atoms with Crippen molar-refractivity contribution in [3.8, 4) is 0 Å². The molecule has 0 spiro atoms. The molecule has 0 unspecified atom stereocenters. The summed E-state index contributed by atoms with van der Waals surface area (Å²) in [7, 11) is 0. The summed E-state index contributed by atoms with van der Waals surface area (Å²) in [6, 6.07) is 0. The van der Waals surface area contributed by atoms with Crippen LogP contribution in [0.3, 0.4) is 0 Å². The number of hydrogen-bond acceptors (Lipinski definition) is 2. The van der Waals surface area contributed by atoms with Crippen molar-refractivity contribution in [2.24, 2.45) is 17.8 Å². The van der Waals surface area contributed by atoms with Crippen LogP contribution in [0.25, 0.3) is 0 Å². The van der Waals surface area contributed by atoms with Crippen molar-refractivity contribution in [2.45, 2.75) is 39.0 Å². The molecule has 4 heteroatoms. The fraction of sp³-hybridized carbons (Fsp3) is 0.846. The number of carbonyl (C=O) groups excluding carboxylic acids is 1. The van der Waals surface area contributed by atoms with Crippen molar-refractivity contribution in [1.29, 1.82) is 0 Å². The third kappa shape index (κ3) is 2.99. The van der Waals surface area contributed by atoms with Gasteiger partial charge in [-0.05, 0) is 44.9 Å². The molecule has 2 fully saturated rings. The Kier molecular flexibility index (Phi) is 3.69. The smallest absolute Gasteiger partial charge is 0.306 e. The van der Waals surface area contributed by atoms with Crippen LogP contribution >= 0.6 is 0 Å². The highest BCUT2D eigenvalue weighted by molar-refractivity contribution is 5.81. The molecule has 0 radical (unpaired) electrons. The topological polar surface area (TPSA) is 57.6 Å². The monoisotopic (exact) mass is 239 g/mol. The van der Waals surface area contributed by atoms with Gasteiger partial charge in [0.05, 0.1) is 5.92 Å². The van der Waals surface area contributed by atoms with Crippen molar-refractivity contribution < 1.29 is 14.7 Å². The van der Waals surface area contributed by atoms with Gasteiger partial charge in [0, 0.05) is 19.0 Å². The molecule has 2 aliphatic rings. The Morgan fingerprint density at radius 3 is 2.29 bits per heavy atom. The Balaban J connectivity index is 1.87. The van der Waals surface area contributed by atoms with Crippen molar-refractivity contribution >= 4 is 11.9 Å². The van der Waals surface area contributed by atoms with E-state index in [0.717, 1.165) is 19.5 Å². The number of carboxylic acids is 1. The molecule has 17 heavy (non-hydrogen) atoms. The summed E-state index contributed by atoms with van der Waals surface area (Å²) in [6.07, 6.45) is 4.43. The first-order chi connectivity index (χ1) is 8.11. The molecule has 0 aromatic heterocycles. The van der Waals surface area contributed by atoms with Gasteiger partial charge in [0.1, 0.15) is 0 Å². The number of hydrogen-bond donors (Lipinski definition) is 1. The van der Waals surface area contributed by atoms with Crippen LogP contribution in [0.5, 0.6) is 0 Å². The second-order valence-electron chi connectivity index (χ2n) is 5.37. The molecule has 1 amide bonds. The highest BCUT2D eigenvalue weighted by Gasteiger charge is 2.36. The maximum absolute atomic E-state index is 12.2. The Hall–Kier alpha value is -1.06. The van der Waals surface area contributed by atoms with E-state index < -0.39 is 5.97 Å². The lowest BCUT2D eigenvalue weighted by Gasteiger charge is -2.24. The Bertz CT molecular complexity index is 312. The van der Waals surface area contributed by atoms with Crippen LogP contribution in [-0.4, -0.2) is 35.0 Å². The maximum Gasteiger partial charge on any atom is 0.306 e. The number of carbonyl (C=O) groups is 2. The molecule has 0 heterocycles.